The maximum atomic E-state index is 12.1. The maximum absolute atomic E-state index is 12.1. The van der Waals surface area contributed by atoms with E-state index in [1.165, 1.54) is 13.2 Å². The van der Waals surface area contributed by atoms with Crippen molar-refractivity contribution in [3.8, 4) is 0 Å². The topological polar surface area (TPSA) is 85.6 Å². The molecular formula is C16H13ClN4O3S. The van der Waals surface area contributed by atoms with E-state index in [4.69, 9.17) is 11.6 Å². The van der Waals surface area contributed by atoms with Crippen LogP contribution >= 0.6 is 22.9 Å². The molecule has 1 amide bonds. The first-order valence-corrected chi connectivity index (χ1v) is 8.36. The van der Waals surface area contributed by atoms with Crippen LogP contribution in [0.2, 0.25) is 5.15 Å². The first-order valence-electron chi connectivity index (χ1n) is 7.17. The smallest absolute Gasteiger partial charge is 0.350 e. The van der Waals surface area contributed by atoms with Gasteiger partial charge in [-0.15, -0.1) is 0 Å². The van der Waals surface area contributed by atoms with Gasteiger partial charge in [0.2, 0.25) is 5.91 Å². The molecule has 0 aliphatic carbocycles. The fraction of sp³-hybridized carbons (Fsp3) is 0.125. The Morgan fingerprint density at radius 1 is 1.36 bits per heavy atom. The molecule has 0 unspecified atom stereocenters. The maximum Gasteiger partial charge on any atom is 0.350 e. The molecule has 0 aromatic carbocycles. The number of esters is 1. The van der Waals surface area contributed by atoms with Crippen molar-refractivity contribution in [3.63, 3.8) is 0 Å². The Balaban J connectivity index is 1.77. The lowest BCUT2D eigenvalue weighted by molar-refractivity contribution is -0.111. The van der Waals surface area contributed by atoms with Gasteiger partial charge < -0.3 is 4.74 Å². The number of fused-ring (bicyclic) bond motifs is 1. The Hall–Kier alpha value is -2.71. The zero-order valence-corrected chi connectivity index (χ0v) is 14.9. The Kier molecular flexibility index (Phi) is 4.82. The van der Waals surface area contributed by atoms with Crippen LogP contribution in [0, 0.1) is 6.92 Å². The van der Waals surface area contributed by atoms with Crippen LogP contribution in [0.15, 0.2) is 30.5 Å². The van der Waals surface area contributed by atoms with Crippen LogP contribution in [0.3, 0.4) is 0 Å². The first kappa shape index (κ1) is 17.1. The molecule has 0 aliphatic rings. The molecule has 3 aromatic rings. The van der Waals surface area contributed by atoms with Crippen molar-refractivity contribution in [2.45, 2.75) is 6.92 Å². The zero-order chi connectivity index (χ0) is 18.0. The third-order valence-corrected chi connectivity index (χ3v) is 4.64. The minimum atomic E-state index is -0.483. The number of anilines is 1. The minimum Gasteiger partial charge on any atom is -0.465 e. The highest BCUT2D eigenvalue weighted by atomic mass is 35.5. The number of hydrogen-bond donors (Lipinski definition) is 1. The van der Waals surface area contributed by atoms with Gasteiger partial charge in [0.1, 0.15) is 10.5 Å². The predicted octanol–water partition coefficient (Wildman–Crippen LogP) is 3.19. The number of pyridine rings is 1. The highest BCUT2D eigenvalue weighted by Gasteiger charge is 2.16. The number of aryl methyl sites for hydroxylation is 1. The third kappa shape index (κ3) is 3.54. The molecular weight excluding hydrogens is 364 g/mol. The molecule has 9 heteroatoms. The molecule has 25 heavy (non-hydrogen) atoms. The van der Waals surface area contributed by atoms with E-state index >= 15 is 0 Å². The van der Waals surface area contributed by atoms with Gasteiger partial charge in [-0.3, -0.25) is 14.5 Å². The van der Waals surface area contributed by atoms with Gasteiger partial charge in [-0.1, -0.05) is 29.0 Å². The molecule has 3 aromatic heterocycles. The van der Waals surface area contributed by atoms with Crippen LogP contribution in [0.4, 0.5) is 5.13 Å². The number of rotatable bonds is 4. The average molecular weight is 377 g/mol. The Morgan fingerprint density at radius 3 is 2.92 bits per heavy atom. The minimum absolute atomic E-state index is 0.299. The summed E-state index contributed by atoms with van der Waals surface area (Å²) in [5.41, 5.74) is 1.78. The number of amides is 1. The van der Waals surface area contributed by atoms with Gasteiger partial charge in [0.15, 0.2) is 10.3 Å². The fourth-order valence-corrected chi connectivity index (χ4v) is 3.30. The molecule has 0 radical (unpaired) electrons. The van der Waals surface area contributed by atoms with Crippen molar-refractivity contribution >= 4 is 51.7 Å². The summed E-state index contributed by atoms with van der Waals surface area (Å²) < 4.78 is 6.44. The van der Waals surface area contributed by atoms with Gasteiger partial charge in [0.25, 0.3) is 0 Å². The molecule has 7 nitrogen and oxygen atoms in total. The van der Waals surface area contributed by atoms with Crippen molar-refractivity contribution in [3.05, 3.63) is 51.9 Å². The molecule has 0 saturated heterocycles. The van der Waals surface area contributed by atoms with Gasteiger partial charge in [-0.2, -0.15) is 0 Å². The van der Waals surface area contributed by atoms with E-state index in [0.29, 0.717) is 32.2 Å². The lowest BCUT2D eigenvalue weighted by Crippen LogP contribution is -2.07. The van der Waals surface area contributed by atoms with E-state index in [2.05, 4.69) is 20.0 Å². The number of carbonyl (C=O) groups excluding carboxylic acids is 2. The second-order valence-corrected chi connectivity index (χ2v) is 6.32. The van der Waals surface area contributed by atoms with Crippen molar-refractivity contribution < 1.29 is 14.3 Å². The normalized spacial score (nSPS) is 11.2. The van der Waals surface area contributed by atoms with Crippen LogP contribution < -0.4 is 5.32 Å². The van der Waals surface area contributed by atoms with Crippen molar-refractivity contribution in [2.24, 2.45) is 0 Å². The van der Waals surface area contributed by atoms with Gasteiger partial charge in [-0.25, -0.2) is 14.8 Å². The van der Waals surface area contributed by atoms with Crippen molar-refractivity contribution in [1.29, 1.82) is 0 Å². The Morgan fingerprint density at radius 2 is 2.16 bits per heavy atom. The first-order chi connectivity index (χ1) is 12.0. The second-order valence-electron chi connectivity index (χ2n) is 4.96. The number of hydrogen-bond acceptors (Lipinski definition) is 6. The molecule has 0 spiro atoms. The highest BCUT2D eigenvalue weighted by Crippen LogP contribution is 2.23. The van der Waals surface area contributed by atoms with E-state index in [-0.39, 0.29) is 0 Å². The summed E-state index contributed by atoms with van der Waals surface area (Å²) in [6.07, 6.45) is 4.70. The summed E-state index contributed by atoms with van der Waals surface area (Å²) >= 11 is 7.16. The number of imidazole rings is 1. The molecule has 0 bridgehead atoms. The molecule has 3 rings (SSSR count). The molecule has 0 saturated carbocycles. The lowest BCUT2D eigenvalue weighted by Gasteiger charge is -1.97. The second kappa shape index (κ2) is 7.04. The number of methoxy groups -OCH3 is 1. The average Bonchev–Trinajstić information content (AvgIpc) is 3.11. The molecule has 1 N–H and O–H groups in total. The SMILES string of the molecule is COC(=O)c1sc(NC(=O)/C=C/c2c(Cl)nc3ccccn23)nc1C. The quantitative estimate of drug-likeness (QED) is 0.558. The van der Waals surface area contributed by atoms with E-state index < -0.39 is 11.9 Å². The lowest BCUT2D eigenvalue weighted by atomic mass is 10.4. The molecule has 0 atom stereocenters. The fourth-order valence-electron chi connectivity index (χ4n) is 2.17. The number of ether oxygens (including phenoxy) is 1. The highest BCUT2D eigenvalue weighted by molar-refractivity contribution is 7.17. The van der Waals surface area contributed by atoms with Crippen LogP contribution in [0.1, 0.15) is 21.1 Å². The number of aromatic nitrogens is 3. The van der Waals surface area contributed by atoms with Crippen LogP contribution in [-0.2, 0) is 9.53 Å². The summed E-state index contributed by atoms with van der Waals surface area (Å²) in [7, 11) is 1.29. The van der Waals surface area contributed by atoms with E-state index in [9.17, 15) is 9.59 Å². The monoisotopic (exact) mass is 376 g/mol. The Labute approximate surface area is 151 Å². The molecule has 0 aliphatic heterocycles. The largest absolute Gasteiger partial charge is 0.465 e. The van der Waals surface area contributed by atoms with Gasteiger partial charge in [0, 0.05) is 12.3 Å². The molecule has 3 heterocycles. The van der Waals surface area contributed by atoms with Crippen LogP contribution in [0.25, 0.3) is 11.7 Å². The number of nitrogens with one attached hydrogen (secondary N) is 1. The van der Waals surface area contributed by atoms with Crippen LogP contribution in [-0.4, -0.2) is 33.4 Å². The summed E-state index contributed by atoms with van der Waals surface area (Å²) in [6.45, 7) is 1.67. The van der Waals surface area contributed by atoms with Gasteiger partial charge in [-0.05, 0) is 25.1 Å². The number of carbonyl (C=O) groups is 2. The summed E-state index contributed by atoms with van der Waals surface area (Å²) in [5, 5.41) is 3.23. The molecule has 128 valence electrons. The summed E-state index contributed by atoms with van der Waals surface area (Å²) in [4.78, 5) is 32.4. The predicted molar refractivity (Wildman–Crippen MR) is 96.1 cm³/mol. The van der Waals surface area contributed by atoms with E-state index in [1.807, 2.05) is 18.2 Å². The number of halogens is 1. The van der Waals surface area contributed by atoms with E-state index in [1.54, 1.807) is 23.6 Å². The summed E-state index contributed by atoms with van der Waals surface area (Å²) in [6, 6.07) is 5.51. The Bertz CT molecular complexity index is 993. The van der Waals surface area contributed by atoms with Crippen LogP contribution in [0.5, 0.6) is 0 Å². The van der Waals surface area contributed by atoms with Crippen molar-refractivity contribution in [1.82, 2.24) is 14.4 Å². The molecule has 0 fully saturated rings. The standard InChI is InChI=1S/C16H13ClN4O3S/c1-9-13(15(23)24-2)25-16(18-9)20-12(22)7-6-10-14(17)19-11-5-3-4-8-21(10)11/h3-8H,1-2H3,(H,18,20,22)/b7-6+. The number of thiazole rings is 1. The summed E-state index contributed by atoms with van der Waals surface area (Å²) in [5.74, 6) is -0.879. The van der Waals surface area contributed by atoms with Crippen molar-refractivity contribution in [2.75, 3.05) is 12.4 Å². The zero-order valence-electron chi connectivity index (χ0n) is 13.3. The van der Waals surface area contributed by atoms with E-state index in [0.717, 1.165) is 11.3 Å². The number of nitrogens with zero attached hydrogens (tertiary/aromatic N) is 3. The van der Waals surface area contributed by atoms with Gasteiger partial charge in [0.05, 0.1) is 18.5 Å². The van der Waals surface area contributed by atoms with Gasteiger partial charge >= 0.3 is 5.97 Å². The third-order valence-electron chi connectivity index (χ3n) is 3.31.